The summed E-state index contributed by atoms with van der Waals surface area (Å²) in [6, 6.07) is 14.1. The number of nitrogens with zero attached hydrogens (tertiary/aromatic N) is 2. The van der Waals surface area contributed by atoms with E-state index in [-0.39, 0.29) is 5.91 Å². The van der Waals surface area contributed by atoms with E-state index in [9.17, 15) is 4.79 Å². The van der Waals surface area contributed by atoms with Crippen LogP contribution in [0.15, 0.2) is 54.9 Å². The molecule has 1 fully saturated rings. The van der Waals surface area contributed by atoms with Gasteiger partial charge < -0.3 is 18.8 Å². The number of carbonyl (C=O) groups is 1. The summed E-state index contributed by atoms with van der Waals surface area (Å²) in [5.74, 6) is 2.68. The molecule has 138 valence electrons. The van der Waals surface area contributed by atoms with Crippen molar-refractivity contribution in [2.24, 2.45) is 0 Å². The highest BCUT2D eigenvalue weighted by atomic mass is 32.2. The molecule has 6 heteroatoms. The van der Waals surface area contributed by atoms with Crippen molar-refractivity contribution in [1.29, 1.82) is 0 Å². The highest BCUT2D eigenvalue weighted by Crippen LogP contribution is 2.40. The van der Waals surface area contributed by atoms with Gasteiger partial charge in [-0.15, -0.1) is 0 Å². The average Bonchev–Trinajstić information content (AvgIpc) is 3.27. The minimum absolute atomic E-state index is 0.116. The van der Waals surface area contributed by atoms with Crippen LogP contribution >= 0.6 is 11.8 Å². The molecule has 1 amide bonds. The predicted molar refractivity (Wildman–Crippen MR) is 106 cm³/mol. The number of amides is 1. The van der Waals surface area contributed by atoms with Gasteiger partial charge in [0.2, 0.25) is 6.79 Å². The van der Waals surface area contributed by atoms with Gasteiger partial charge in [-0.25, -0.2) is 0 Å². The van der Waals surface area contributed by atoms with Gasteiger partial charge in [0, 0.05) is 42.0 Å². The van der Waals surface area contributed by atoms with Crippen LogP contribution in [0.2, 0.25) is 0 Å². The lowest BCUT2D eigenvalue weighted by Gasteiger charge is -2.19. The van der Waals surface area contributed by atoms with Gasteiger partial charge >= 0.3 is 0 Å². The smallest absolute Gasteiger partial charge is 0.255 e. The first kappa shape index (κ1) is 16.6. The zero-order valence-corrected chi connectivity index (χ0v) is 15.7. The summed E-state index contributed by atoms with van der Waals surface area (Å²) in [6.07, 6.45) is 4.83. The monoisotopic (exact) mass is 380 g/mol. The lowest BCUT2D eigenvalue weighted by Crippen LogP contribution is -2.32. The number of ether oxygens (including phenoxy) is 2. The minimum atomic E-state index is 0.116. The summed E-state index contributed by atoms with van der Waals surface area (Å²) in [7, 11) is 0. The topological polar surface area (TPSA) is 43.2 Å². The molecule has 2 aliphatic rings. The third-order valence-electron chi connectivity index (χ3n) is 5.15. The average molecular weight is 380 g/mol. The van der Waals surface area contributed by atoms with Crippen molar-refractivity contribution in [3.05, 3.63) is 66.0 Å². The molecular weight excluding hydrogens is 360 g/mol. The van der Waals surface area contributed by atoms with Crippen LogP contribution in [-0.4, -0.2) is 40.8 Å². The number of fused-ring (bicyclic) bond motifs is 2. The zero-order valence-electron chi connectivity index (χ0n) is 14.8. The number of thioether (sulfide) groups is 1. The molecular formula is C21H20N2O3S. The molecule has 3 aromatic rings. The van der Waals surface area contributed by atoms with Crippen LogP contribution in [0.1, 0.15) is 27.6 Å². The van der Waals surface area contributed by atoms with Crippen molar-refractivity contribution in [3.8, 4) is 11.5 Å². The normalized spacial score (nSPS) is 19.3. The summed E-state index contributed by atoms with van der Waals surface area (Å²) in [5, 5.41) is 0.366. The summed E-state index contributed by atoms with van der Waals surface area (Å²) in [5.41, 5.74) is 3.05. The van der Waals surface area contributed by atoms with Gasteiger partial charge in [0.05, 0.1) is 5.56 Å². The highest BCUT2D eigenvalue weighted by molar-refractivity contribution is 7.99. The molecule has 0 bridgehead atoms. The number of pyridine rings is 1. The molecule has 2 aromatic heterocycles. The van der Waals surface area contributed by atoms with E-state index >= 15 is 0 Å². The van der Waals surface area contributed by atoms with Crippen molar-refractivity contribution in [3.63, 3.8) is 0 Å². The third kappa shape index (κ3) is 3.14. The molecule has 27 heavy (non-hydrogen) atoms. The fourth-order valence-electron chi connectivity index (χ4n) is 3.71. The number of hydrogen-bond donors (Lipinski definition) is 0. The van der Waals surface area contributed by atoms with Crippen molar-refractivity contribution in [2.75, 3.05) is 25.6 Å². The Hall–Kier alpha value is -2.60. The molecule has 5 rings (SSSR count). The van der Waals surface area contributed by atoms with E-state index in [0.717, 1.165) is 47.8 Å². The molecule has 1 saturated heterocycles. The second-order valence-electron chi connectivity index (χ2n) is 6.81. The maximum atomic E-state index is 13.0. The van der Waals surface area contributed by atoms with Crippen LogP contribution in [0.5, 0.6) is 11.5 Å². The van der Waals surface area contributed by atoms with Crippen molar-refractivity contribution >= 4 is 23.2 Å². The van der Waals surface area contributed by atoms with E-state index in [0.29, 0.717) is 12.0 Å². The van der Waals surface area contributed by atoms with Crippen LogP contribution in [-0.2, 0) is 0 Å². The number of rotatable bonds is 2. The van der Waals surface area contributed by atoms with Crippen LogP contribution < -0.4 is 9.47 Å². The van der Waals surface area contributed by atoms with E-state index in [1.165, 1.54) is 5.56 Å². The first-order valence-corrected chi connectivity index (χ1v) is 10.2. The fraction of sp³-hybridized carbons (Fsp3) is 0.286. The highest BCUT2D eigenvalue weighted by Gasteiger charge is 2.25. The van der Waals surface area contributed by atoms with E-state index in [1.807, 2.05) is 63.8 Å². The van der Waals surface area contributed by atoms with Crippen molar-refractivity contribution < 1.29 is 14.3 Å². The molecule has 0 aliphatic carbocycles. The summed E-state index contributed by atoms with van der Waals surface area (Å²) >= 11 is 1.91. The summed E-state index contributed by atoms with van der Waals surface area (Å²) in [6.45, 7) is 1.83. The molecule has 1 atom stereocenters. The maximum Gasteiger partial charge on any atom is 0.255 e. The number of aromatic nitrogens is 1. The van der Waals surface area contributed by atoms with Crippen LogP contribution in [0.4, 0.5) is 0 Å². The van der Waals surface area contributed by atoms with E-state index < -0.39 is 0 Å². The standard InChI is InChI=1S/C21H20N2O3S/c24-21(16-11-17-3-1-2-7-23(17)13-16)22-8-6-20(27-10-9-22)15-4-5-18-19(12-15)26-14-25-18/h1-5,7,11-13,20H,6,8-10,14H2. The minimum Gasteiger partial charge on any atom is -0.454 e. The Morgan fingerprint density at radius 3 is 2.93 bits per heavy atom. The van der Waals surface area contributed by atoms with Crippen molar-refractivity contribution in [2.45, 2.75) is 11.7 Å². The van der Waals surface area contributed by atoms with Crippen LogP contribution in [0, 0.1) is 0 Å². The van der Waals surface area contributed by atoms with Gasteiger partial charge in [0.25, 0.3) is 5.91 Å². The van der Waals surface area contributed by atoms with E-state index in [2.05, 4.69) is 12.1 Å². The Balaban J connectivity index is 1.31. The van der Waals surface area contributed by atoms with Gasteiger partial charge in [0.15, 0.2) is 11.5 Å². The first-order valence-electron chi connectivity index (χ1n) is 9.15. The van der Waals surface area contributed by atoms with E-state index in [4.69, 9.17) is 9.47 Å². The molecule has 0 saturated carbocycles. The summed E-state index contributed by atoms with van der Waals surface area (Å²) in [4.78, 5) is 15.0. The second-order valence-corrected chi connectivity index (χ2v) is 8.13. The zero-order chi connectivity index (χ0) is 18.2. The molecule has 1 unspecified atom stereocenters. The molecule has 0 spiro atoms. The third-order valence-corrected chi connectivity index (χ3v) is 6.48. The van der Waals surface area contributed by atoms with Crippen molar-refractivity contribution in [1.82, 2.24) is 9.30 Å². The second kappa shape index (κ2) is 6.85. The lowest BCUT2D eigenvalue weighted by molar-refractivity contribution is 0.0766. The number of carbonyl (C=O) groups excluding carboxylic acids is 1. The van der Waals surface area contributed by atoms with Gasteiger partial charge in [-0.2, -0.15) is 11.8 Å². The van der Waals surface area contributed by atoms with Crippen LogP contribution in [0.3, 0.4) is 0 Å². The molecule has 1 aromatic carbocycles. The maximum absolute atomic E-state index is 13.0. The molecule has 5 nitrogen and oxygen atoms in total. The SMILES string of the molecule is O=C(c1cc2ccccn2c1)N1CCSC(c2ccc3c(c2)OCO3)CC1. The lowest BCUT2D eigenvalue weighted by atomic mass is 10.1. The Morgan fingerprint density at radius 2 is 2.00 bits per heavy atom. The van der Waals surface area contributed by atoms with E-state index in [1.54, 1.807) is 0 Å². The van der Waals surface area contributed by atoms with Crippen LogP contribution in [0.25, 0.3) is 5.52 Å². The Kier molecular flexibility index (Phi) is 4.20. The molecule has 0 N–H and O–H groups in total. The van der Waals surface area contributed by atoms with Gasteiger partial charge in [-0.05, 0) is 42.3 Å². The fourth-order valence-corrected chi connectivity index (χ4v) is 4.93. The van der Waals surface area contributed by atoms with Gasteiger partial charge in [-0.1, -0.05) is 12.1 Å². The number of hydrogen-bond acceptors (Lipinski definition) is 4. The summed E-state index contributed by atoms with van der Waals surface area (Å²) < 4.78 is 12.9. The van der Waals surface area contributed by atoms with Gasteiger partial charge in [0.1, 0.15) is 0 Å². The molecule has 2 aliphatic heterocycles. The Morgan fingerprint density at radius 1 is 1.07 bits per heavy atom. The largest absolute Gasteiger partial charge is 0.454 e. The quantitative estimate of drug-likeness (QED) is 0.674. The Labute approximate surface area is 161 Å². The molecule has 0 radical (unpaired) electrons. The van der Waals surface area contributed by atoms with Gasteiger partial charge in [-0.3, -0.25) is 4.79 Å². The number of benzene rings is 1. The molecule has 4 heterocycles. The predicted octanol–water partition coefficient (Wildman–Crippen LogP) is 3.99. The first-order chi connectivity index (χ1) is 13.3. The Bertz CT molecular complexity index is 967.